The molecular weight excluding hydrogens is 356 g/mol. The lowest BCUT2D eigenvalue weighted by Crippen LogP contribution is -2.53. The average molecular weight is 403 g/mol. The Labute approximate surface area is 179 Å². The van der Waals surface area contributed by atoms with Crippen LogP contribution in [0.25, 0.3) is 0 Å². The van der Waals surface area contributed by atoms with Gasteiger partial charge in [-0.05, 0) is 105 Å². The predicted octanol–water partition coefficient (Wildman–Crippen LogP) is 6.50. The van der Waals surface area contributed by atoms with Gasteiger partial charge < -0.3 is 10.2 Å². The molecule has 0 aromatic rings. The van der Waals surface area contributed by atoms with E-state index in [0.29, 0.717) is 16.7 Å². The number of rotatable bonds is 5. The van der Waals surface area contributed by atoms with Gasteiger partial charge in [-0.2, -0.15) is 0 Å². The summed E-state index contributed by atoms with van der Waals surface area (Å²) in [5, 5.41) is 21.8. The summed E-state index contributed by atoms with van der Waals surface area (Å²) in [7, 11) is 0. The molecule has 4 rings (SSSR count). The second-order valence-corrected chi connectivity index (χ2v) is 12.5. The molecule has 1 unspecified atom stereocenters. The molecule has 0 amide bonds. The van der Waals surface area contributed by atoms with Crippen LogP contribution in [0.2, 0.25) is 0 Å². The predicted molar refractivity (Wildman–Crippen MR) is 121 cm³/mol. The Bertz CT molecular complexity index is 634. The summed E-state index contributed by atoms with van der Waals surface area (Å²) < 4.78 is 0. The van der Waals surface area contributed by atoms with Crippen molar-refractivity contribution >= 4 is 0 Å². The minimum atomic E-state index is -0.514. The van der Waals surface area contributed by atoms with E-state index < -0.39 is 5.60 Å². The van der Waals surface area contributed by atoms with Gasteiger partial charge in [0.05, 0.1) is 11.7 Å². The van der Waals surface area contributed by atoms with Crippen LogP contribution in [0.3, 0.4) is 0 Å². The fraction of sp³-hybridized carbons (Fsp3) is 0.926. The van der Waals surface area contributed by atoms with Crippen LogP contribution in [0.1, 0.15) is 105 Å². The molecule has 0 spiro atoms. The van der Waals surface area contributed by atoms with Crippen molar-refractivity contribution in [3.8, 4) is 0 Å². The summed E-state index contributed by atoms with van der Waals surface area (Å²) in [5.41, 5.74) is 1.68. The molecule has 4 aliphatic rings. The first-order chi connectivity index (χ1) is 13.6. The zero-order chi connectivity index (χ0) is 21.0. The first kappa shape index (κ1) is 21.9. The lowest BCUT2D eigenvalue weighted by molar-refractivity contribution is -0.105. The fourth-order valence-corrected chi connectivity index (χ4v) is 8.71. The molecule has 0 radical (unpaired) electrons. The Morgan fingerprint density at radius 3 is 2.59 bits per heavy atom. The largest absolute Gasteiger partial charge is 0.393 e. The van der Waals surface area contributed by atoms with Crippen LogP contribution >= 0.6 is 0 Å². The summed E-state index contributed by atoms with van der Waals surface area (Å²) >= 11 is 0. The molecule has 0 saturated heterocycles. The summed E-state index contributed by atoms with van der Waals surface area (Å²) in [6.07, 6.45) is 15.2. The highest BCUT2D eigenvalue weighted by atomic mass is 16.3. The Kier molecular flexibility index (Phi) is 5.78. The minimum Gasteiger partial charge on any atom is -0.393 e. The van der Waals surface area contributed by atoms with Gasteiger partial charge in [0, 0.05) is 0 Å². The maximum atomic E-state index is 11.6. The van der Waals surface area contributed by atoms with Crippen LogP contribution in [-0.2, 0) is 0 Å². The van der Waals surface area contributed by atoms with Crippen LogP contribution in [0.5, 0.6) is 0 Å². The molecule has 0 heterocycles. The maximum Gasteiger partial charge on any atom is 0.0653 e. The van der Waals surface area contributed by atoms with Crippen LogP contribution in [0, 0.1) is 40.4 Å². The quantitative estimate of drug-likeness (QED) is 0.515. The molecule has 3 fully saturated rings. The molecule has 0 aromatic carbocycles. The average Bonchev–Trinajstić information content (AvgIpc) is 3.00. The monoisotopic (exact) mass is 402 g/mol. The van der Waals surface area contributed by atoms with Crippen LogP contribution in [-0.4, -0.2) is 21.9 Å². The molecule has 3 saturated carbocycles. The number of hydrogen-bond acceptors (Lipinski definition) is 2. The normalized spacial score (nSPS) is 46.5. The standard InChI is InChI=1S/C27H46O2/c1-18(2)7-6-14-27(5,29)24-11-10-22-21-9-8-19-17-20(28)12-15-25(19,3)23(21)13-16-26(22,24)4/h8,18,20-24,28-29H,6-7,9-17H2,1-5H3/t20?,21-,22-,23-,24-,25-,26-,27+/m0/s1. The molecule has 0 aliphatic heterocycles. The third kappa shape index (κ3) is 3.65. The molecular formula is C27H46O2. The van der Waals surface area contributed by atoms with E-state index in [1.54, 1.807) is 5.57 Å². The van der Waals surface area contributed by atoms with E-state index in [0.717, 1.165) is 49.4 Å². The molecule has 0 bridgehead atoms. The topological polar surface area (TPSA) is 40.5 Å². The molecule has 2 heteroatoms. The maximum absolute atomic E-state index is 11.6. The Morgan fingerprint density at radius 1 is 1.10 bits per heavy atom. The summed E-state index contributed by atoms with van der Waals surface area (Å²) in [6, 6.07) is 0. The van der Waals surface area contributed by atoms with E-state index in [1.165, 1.54) is 44.9 Å². The van der Waals surface area contributed by atoms with Crippen LogP contribution in [0.15, 0.2) is 11.6 Å². The van der Waals surface area contributed by atoms with Gasteiger partial charge in [0.1, 0.15) is 0 Å². The number of allylic oxidation sites excluding steroid dienone is 1. The third-order valence-corrected chi connectivity index (χ3v) is 10.3. The van der Waals surface area contributed by atoms with Gasteiger partial charge in [0.25, 0.3) is 0 Å². The van der Waals surface area contributed by atoms with Gasteiger partial charge >= 0.3 is 0 Å². The second-order valence-electron chi connectivity index (χ2n) is 12.5. The highest BCUT2D eigenvalue weighted by Crippen LogP contribution is 2.67. The molecule has 2 N–H and O–H groups in total. The lowest BCUT2D eigenvalue weighted by atomic mass is 9.46. The van der Waals surface area contributed by atoms with Gasteiger partial charge in [-0.3, -0.25) is 0 Å². The van der Waals surface area contributed by atoms with E-state index in [9.17, 15) is 10.2 Å². The fourth-order valence-electron chi connectivity index (χ4n) is 8.71. The van der Waals surface area contributed by atoms with Gasteiger partial charge in [0.15, 0.2) is 0 Å². The van der Waals surface area contributed by atoms with E-state index in [1.807, 2.05) is 0 Å². The summed E-state index contributed by atoms with van der Waals surface area (Å²) in [6.45, 7) is 11.8. The van der Waals surface area contributed by atoms with Gasteiger partial charge in [0.2, 0.25) is 0 Å². The Hall–Kier alpha value is -0.340. The highest BCUT2D eigenvalue weighted by Gasteiger charge is 2.61. The Balaban J connectivity index is 1.53. The van der Waals surface area contributed by atoms with Crippen molar-refractivity contribution in [2.24, 2.45) is 40.4 Å². The smallest absolute Gasteiger partial charge is 0.0653 e. The van der Waals surface area contributed by atoms with Crippen molar-refractivity contribution in [2.75, 3.05) is 0 Å². The summed E-state index contributed by atoms with van der Waals surface area (Å²) in [5.74, 6) is 3.53. The second kappa shape index (κ2) is 7.66. The molecule has 8 atom stereocenters. The van der Waals surface area contributed by atoms with Crippen molar-refractivity contribution in [1.29, 1.82) is 0 Å². The van der Waals surface area contributed by atoms with Crippen molar-refractivity contribution in [2.45, 2.75) is 117 Å². The van der Waals surface area contributed by atoms with E-state index in [4.69, 9.17) is 0 Å². The summed E-state index contributed by atoms with van der Waals surface area (Å²) in [4.78, 5) is 0. The molecule has 29 heavy (non-hydrogen) atoms. The Morgan fingerprint density at radius 2 is 1.86 bits per heavy atom. The molecule has 4 aliphatic carbocycles. The zero-order valence-electron chi connectivity index (χ0n) is 19.7. The third-order valence-electron chi connectivity index (χ3n) is 10.3. The number of aliphatic hydroxyl groups excluding tert-OH is 1. The molecule has 166 valence electrons. The molecule has 2 nitrogen and oxygen atoms in total. The van der Waals surface area contributed by atoms with Gasteiger partial charge in [-0.1, -0.05) is 52.2 Å². The number of aliphatic hydroxyl groups is 2. The number of fused-ring (bicyclic) bond motifs is 5. The van der Waals surface area contributed by atoms with Crippen LogP contribution in [0.4, 0.5) is 0 Å². The van der Waals surface area contributed by atoms with Gasteiger partial charge in [-0.15, -0.1) is 0 Å². The SMILES string of the molecule is CC(C)CCC[C@@](C)(O)[C@H]1CC[C@H]2[C@@H]3CC=C4CC(O)CC[C@]4(C)[C@H]3CC[C@@]21C. The lowest BCUT2D eigenvalue weighted by Gasteiger charge is -2.59. The van der Waals surface area contributed by atoms with Crippen molar-refractivity contribution in [3.63, 3.8) is 0 Å². The van der Waals surface area contributed by atoms with Crippen LogP contribution < -0.4 is 0 Å². The van der Waals surface area contributed by atoms with Crippen molar-refractivity contribution in [1.82, 2.24) is 0 Å². The zero-order valence-corrected chi connectivity index (χ0v) is 19.7. The number of hydrogen-bond donors (Lipinski definition) is 2. The minimum absolute atomic E-state index is 0.114. The first-order valence-electron chi connectivity index (χ1n) is 12.7. The van der Waals surface area contributed by atoms with Crippen molar-refractivity contribution in [3.05, 3.63) is 11.6 Å². The van der Waals surface area contributed by atoms with E-state index in [2.05, 4.69) is 40.7 Å². The van der Waals surface area contributed by atoms with Crippen molar-refractivity contribution < 1.29 is 10.2 Å². The van der Waals surface area contributed by atoms with E-state index >= 15 is 0 Å². The highest BCUT2D eigenvalue weighted by molar-refractivity contribution is 5.25. The molecule has 0 aromatic heterocycles. The van der Waals surface area contributed by atoms with E-state index in [-0.39, 0.29) is 6.10 Å². The van der Waals surface area contributed by atoms with Gasteiger partial charge in [-0.25, -0.2) is 0 Å². The first-order valence-corrected chi connectivity index (χ1v) is 12.7.